The lowest BCUT2D eigenvalue weighted by atomic mass is 10.1. The summed E-state index contributed by atoms with van der Waals surface area (Å²) in [5, 5.41) is 15.6. The number of nitrogens with one attached hydrogen (secondary N) is 2. The molecule has 148 valence electrons. The quantitative estimate of drug-likeness (QED) is 0.461. The van der Waals surface area contributed by atoms with Gasteiger partial charge >= 0.3 is 6.03 Å². The smallest absolute Gasteiger partial charge is 0.307 e. The molecule has 3 rings (SSSR count). The Kier molecular flexibility index (Phi) is 5.09. The Balaban J connectivity index is 1.69. The summed E-state index contributed by atoms with van der Waals surface area (Å²) in [5.41, 5.74) is 1.25. The first-order valence-corrected chi connectivity index (χ1v) is 8.50. The predicted molar refractivity (Wildman–Crippen MR) is 102 cm³/mol. The summed E-state index contributed by atoms with van der Waals surface area (Å²) in [7, 11) is 0. The molecule has 2 N–H and O–H groups in total. The topological polar surface area (TPSA) is 139 Å². The highest BCUT2D eigenvalue weighted by atomic mass is 16.6. The normalized spacial score (nSPS) is 12.6. The molecule has 0 bridgehead atoms. The van der Waals surface area contributed by atoms with Crippen LogP contribution < -0.4 is 10.6 Å². The second kappa shape index (κ2) is 7.50. The van der Waals surface area contributed by atoms with Crippen LogP contribution in [0.15, 0.2) is 36.4 Å². The summed E-state index contributed by atoms with van der Waals surface area (Å²) >= 11 is 0. The number of amides is 5. The van der Waals surface area contributed by atoms with Crippen molar-refractivity contribution in [1.82, 2.24) is 10.2 Å². The van der Waals surface area contributed by atoms with E-state index in [1.807, 2.05) is 18.3 Å². The Hall–Kier alpha value is -4.08. The number of hydrogen-bond acceptors (Lipinski definition) is 6. The van der Waals surface area contributed by atoms with Crippen molar-refractivity contribution in [2.45, 2.75) is 13.8 Å². The Labute approximate surface area is 164 Å². The molecule has 0 saturated carbocycles. The van der Waals surface area contributed by atoms with Crippen LogP contribution in [0.5, 0.6) is 0 Å². The molecule has 0 radical (unpaired) electrons. The summed E-state index contributed by atoms with van der Waals surface area (Å²) in [6.07, 6.45) is 0. The van der Waals surface area contributed by atoms with Crippen molar-refractivity contribution in [3.63, 3.8) is 0 Å². The summed E-state index contributed by atoms with van der Waals surface area (Å²) in [6.45, 7) is 2.94. The zero-order valence-corrected chi connectivity index (χ0v) is 15.5. The van der Waals surface area contributed by atoms with Gasteiger partial charge in [-0.3, -0.25) is 34.7 Å². The molecule has 0 atom stereocenters. The number of carbonyl (C=O) groups excluding carboxylic acids is 4. The monoisotopic (exact) mass is 396 g/mol. The molecule has 10 heteroatoms. The number of benzene rings is 2. The Bertz CT molecular complexity index is 1080. The van der Waals surface area contributed by atoms with Crippen molar-refractivity contribution >= 4 is 35.1 Å². The van der Waals surface area contributed by atoms with Gasteiger partial charge in [0.05, 0.1) is 10.5 Å². The third-order valence-corrected chi connectivity index (χ3v) is 4.36. The Morgan fingerprint density at radius 3 is 2.48 bits per heavy atom. The molecular weight excluding hydrogens is 380 g/mol. The van der Waals surface area contributed by atoms with E-state index in [9.17, 15) is 29.3 Å². The number of imide groups is 2. The molecule has 1 aliphatic heterocycles. The van der Waals surface area contributed by atoms with Crippen LogP contribution in [0.1, 0.15) is 31.8 Å². The molecule has 0 spiro atoms. The largest absolute Gasteiger partial charge is 0.325 e. The molecular formula is C19H16N4O6. The van der Waals surface area contributed by atoms with Crippen molar-refractivity contribution < 1.29 is 24.1 Å². The minimum atomic E-state index is -0.956. The first kappa shape index (κ1) is 19.7. The second-order valence-electron chi connectivity index (χ2n) is 6.47. The highest BCUT2D eigenvalue weighted by molar-refractivity contribution is 6.24. The van der Waals surface area contributed by atoms with E-state index >= 15 is 0 Å². The molecule has 5 amide bonds. The summed E-state index contributed by atoms with van der Waals surface area (Å²) in [6, 6.07) is 8.14. The number of fused-ring (bicyclic) bond motifs is 1. The van der Waals surface area contributed by atoms with E-state index in [4.69, 9.17) is 0 Å². The van der Waals surface area contributed by atoms with Gasteiger partial charge in [0.2, 0.25) is 5.91 Å². The van der Waals surface area contributed by atoms with Crippen molar-refractivity contribution in [1.29, 1.82) is 0 Å². The van der Waals surface area contributed by atoms with Gasteiger partial charge in [-0.1, -0.05) is 23.8 Å². The number of aryl methyl sites for hydroxylation is 2. The average molecular weight is 396 g/mol. The fraction of sp³-hybridized carbons (Fsp3) is 0.158. The fourth-order valence-corrected chi connectivity index (χ4v) is 3.03. The zero-order chi connectivity index (χ0) is 21.3. The fourth-order valence-electron chi connectivity index (χ4n) is 3.03. The number of hydrogen-bond donors (Lipinski definition) is 2. The number of nitrogens with zero attached hydrogens (tertiary/aromatic N) is 2. The highest BCUT2D eigenvalue weighted by Crippen LogP contribution is 2.30. The van der Waals surface area contributed by atoms with Gasteiger partial charge in [-0.25, -0.2) is 4.79 Å². The lowest BCUT2D eigenvalue weighted by Crippen LogP contribution is -2.43. The minimum absolute atomic E-state index is 0.156. The van der Waals surface area contributed by atoms with Crippen LogP contribution in [0.2, 0.25) is 0 Å². The molecule has 29 heavy (non-hydrogen) atoms. The Morgan fingerprint density at radius 2 is 1.83 bits per heavy atom. The van der Waals surface area contributed by atoms with Crippen LogP contribution in [0.25, 0.3) is 0 Å². The van der Waals surface area contributed by atoms with Gasteiger partial charge in [0.25, 0.3) is 17.5 Å². The number of nitro groups is 1. The number of rotatable bonds is 4. The van der Waals surface area contributed by atoms with Crippen LogP contribution in [0.4, 0.5) is 16.2 Å². The molecule has 2 aromatic carbocycles. The summed E-state index contributed by atoms with van der Waals surface area (Å²) in [4.78, 5) is 59.9. The van der Waals surface area contributed by atoms with E-state index in [1.54, 1.807) is 19.1 Å². The molecule has 0 unspecified atom stereocenters. The average Bonchev–Trinajstić information content (AvgIpc) is 2.89. The third-order valence-electron chi connectivity index (χ3n) is 4.36. The third kappa shape index (κ3) is 3.81. The van der Waals surface area contributed by atoms with Gasteiger partial charge in [0.15, 0.2) is 0 Å². The zero-order valence-electron chi connectivity index (χ0n) is 15.5. The van der Waals surface area contributed by atoms with Crippen LogP contribution in [0.3, 0.4) is 0 Å². The van der Waals surface area contributed by atoms with Gasteiger partial charge in [-0.05, 0) is 31.5 Å². The van der Waals surface area contributed by atoms with Crippen LogP contribution in [-0.4, -0.2) is 40.1 Å². The maximum atomic E-state index is 12.4. The van der Waals surface area contributed by atoms with E-state index in [2.05, 4.69) is 5.32 Å². The van der Waals surface area contributed by atoms with E-state index in [-0.39, 0.29) is 11.1 Å². The van der Waals surface area contributed by atoms with Crippen LogP contribution >= 0.6 is 0 Å². The molecule has 0 saturated heterocycles. The lowest BCUT2D eigenvalue weighted by molar-refractivity contribution is -0.385. The first-order chi connectivity index (χ1) is 13.7. The van der Waals surface area contributed by atoms with E-state index in [1.165, 1.54) is 12.1 Å². The predicted octanol–water partition coefficient (Wildman–Crippen LogP) is 2.16. The van der Waals surface area contributed by atoms with Gasteiger partial charge < -0.3 is 5.32 Å². The highest BCUT2D eigenvalue weighted by Gasteiger charge is 2.41. The molecule has 10 nitrogen and oxygen atoms in total. The molecule has 2 aromatic rings. The van der Waals surface area contributed by atoms with Crippen molar-refractivity contribution in [3.8, 4) is 0 Å². The number of nitro benzene ring substituents is 1. The maximum absolute atomic E-state index is 12.4. The van der Waals surface area contributed by atoms with Gasteiger partial charge in [-0.15, -0.1) is 0 Å². The molecule has 1 aliphatic rings. The van der Waals surface area contributed by atoms with E-state index in [0.717, 1.165) is 17.2 Å². The second-order valence-corrected chi connectivity index (χ2v) is 6.47. The minimum Gasteiger partial charge on any atom is -0.307 e. The van der Waals surface area contributed by atoms with Crippen molar-refractivity contribution in [2.75, 3.05) is 11.9 Å². The summed E-state index contributed by atoms with van der Waals surface area (Å²) < 4.78 is 0. The summed E-state index contributed by atoms with van der Waals surface area (Å²) in [5.74, 6) is -2.70. The Morgan fingerprint density at radius 1 is 1.10 bits per heavy atom. The molecule has 0 fully saturated rings. The van der Waals surface area contributed by atoms with Crippen LogP contribution in [0, 0.1) is 24.0 Å². The molecule has 0 aromatic heterocycles. The van der Waals surface area contributed by atoms with Crippen LogP contribution in [-0.2, 0) is 4.79 Å². The first-order valence-electron chi connectivity index (χ1n) is 8.50. The van der Waals surface area contributed by atoms with E-state index in [0.29, 0.717) is 10.6 Å². The van der Waals surface area contributed by atoms with E-state index < -0.39 is 40.9 Å². The number of carbonyl (C=O) groups is 4. The van der Waals surface area contributed by atoms with Gasteiger partial charge in [-0.2, -0.15) is 0 Å². The van der Waals surface area contributed by atoms with Gasteiger partial charge in [0.1, 0.15) is 12.1 Å². The lowest BCUT2D eigenvalue weighted by Gasteiger charge is -2.14. The SMILES string of the molecule is Cc1ccc(NC(=O)NC(=O)CN2C(=O)c3cccc([N+](=O)[O-])c3C2=O)c(C)c1. The van der Waals surface area contributed by atoms with Crippen molar-refractivity contribution in [3.05, 3.63) is 68.8 Å². The van der Waals surface area contributed by atoms with Crippen molar-refractivity contribution in [2.24, 2.45) is 0 Å². The molecule has 0 aliphatic carbocycles. The maximum Gasteiger partial charge on any atom is 0.325 e. The number of urea groups is 1. The number of anilines is 1. The van der Waals surface area contributed by atoms with Gasteiger partial charge in [0, 0.05) is 11.8 Å². The standard InChI is InChI=1S/C19H16N4O6/c1-10-6-7-13(11(2)8-10)20-19(27)21-15(24)9-22-17(25)12-4-3-5-14(23(28)29)16(12)18(22)26/h3-8H,9H2,1-2H3,(H2,20,21,24,27). The molecule has 1 heterocycles.